The van der Waals surface area contributed by atoms with Crippen LogP contribution in [0.15, 0.2) is 0 Å². The smallest absolute Gasteiger partial charge is 0.0283 e. The zero-order chi connectivity index (χ0) is 82.0. The predicted molar refractivity (Wildman–Crippen MR) is 465 cm³/mol. The van der Waals surface area contributed by atoms with E-state index in [-0.39, 0.29) is 0 Å². The third kappa shape index (κ3) is 61.5. The van der Waals surface area contributed by atoms with Gasteiger partial charge in [0.2, 0.25) is 0 Å². The van der Waals surface area contributed by atoms with Crippen molar-refractivity contribution in [3.8, 4) is 0 Å². The summed E-state index contributed by atoms with van der Waals surface area (Å²) in [6.07, 6.45) is 6.39. The molecule has 0 aliphatic heterocycles. The molecule has 0 saturated carbocycles. The van der Waals surface area contributed by atoms with Gasteiger partial charge < -0.3 is 0 Å². The van der Waals surface area contributed by atoms with Gasteiger partial charge in [-0.25, -0.2) is 0 Å². The van der Waals surface area contributed by atoms with Crippen LogP contribution in [0.1, 0.15) is 475 Å². The Morgan fingerprint density at radius 1 is 0.219 bits per heavy atom. The molecule has 0 aromatic rings. The highest BCUT2D eigenvalue weighted by molar-refractivity contribution is 4.86. The van der Waals surface area contributed by atoms with Gasteiger partial charge in [0, 0.05) is 0 Å². The third-order valence-electron chi connectivity index (χ3n) is 28.2. The van der Waals surface area contributed by atoms with Crippen molar-refractivity contribution < 1.29 is 0 Å². The standard InChI is InChI=1S/2C10H22.4C9H20.5C8H18/c1-8(9(2,3)4)10(5,6)7;1-8(2)10(6,7)9(3,4)5;2*1-7-9(5,6)8(2,3)4;1-7(2)8(3)9(4,5)6;1-7(2)9(5,6)8(3)4;1-7(2,3)8(4,5)6;2*1-6-7(2)8(3,4)5;1-6-8(4,5)7(2)3;1-6(2)8(5)7(3)4/h2*8H,1-7H3;2*7H2,1-6H3;2*7-8H,1-6H3;1-6H3;3*7H,6H2,1-5H3;6-8H,1-5H3/t;;;;8-;;;7-;;;/m....1..1.../s1. The quantitative estimate of drug-likeness (QED) is 0.183. The van der Waals surface area contributed by atoms with Crippen LogP contribution < -0.4 is 0 Å². The molecule has 0 amide bonds. The van der Waals surface area contributed by atoms with Gasteiger partial charge in [-0.3, -0.25) is 0 Å². The van der Waals surface area contributed by atoms with Gasteiger partial charge in [-0.2, -0.15) is 0 Å². The Bertz CT molecular complexity index is 1620. The molecule has 0 aliphatic rings. The zero-order valence-corrected chi connectivity index (χ0v) is 82.0. The molecule has 0 rings (SSSR count). The van der Waals surface area contributed by atoms with Crippen molar-refractivity contribution in [3.63, 3.8) is 0 Å². The first-order valence-electron chi connectivity index (χ1n) is 41.0. The fraction of sp³-hybridized carbons (Fsp3) is 1.00. The summed E-state index contributed by atoms with van der Waals surface area (Å²) in [5, 5.41) is 0. The average Bonchev–Trinajstić information content (AvgIpc) is 1.86. The van der Waals surface area contributed by atoms with Gasteiger partial charge >= 0.3 is 0 Å². The summed E-state index contributed by atoms with van der Waals surface area (Å²) >= 11 is 0. The van der Waals surface area contributed by atoms with Crippen LogP contribution in [0.4, 0.5) is 0 Å². The molecule has 96 heavy (non-hydrogen) atoms. The summed E-state index contributed by atoms with van der Waals surface area (Å²) < 4.78 is 0. The summed E-state index contributed by atoms with van der Waals surface area (Å²) in [7, 11) is 0. The van der Waals surface area contributed by atoms with E-state index in [0.717, 1.165) is 71.0 Å². The molecule has 0 spiro atoms. The SMILES string of the molecule is CC(C(C)(C)C)C(C)(C)C.CC(C)(C)C(C)(C)C.CC(C)C(C)(C)C(C)(C)C.CC(C)C(C)(C)C(C)C.CC(C)C(C)C(C)C.CC(C)[C@@H](C)C(C)(C)C.CCC(C)(C)C(C)(C)C.CCC(C)(C)C(C)(C)C.CCC(C)(C)C(C)C.CCC(C)C(C)(C)C.CC[C@@H](C)C(C)(C)C. The van der Waals surface area contributed by atoms with Gasteiger partial charge in [0.25, 0.3) is 0 Å². The maximum absolute atomic E-state index is 2.34. The van der Waals surface area contributed by atoms with Crippen LogP contribution in [0.2, 0.25) is 0 Å². The first kappa shape index (κ1) is 120. The lowest BCUT2D eigenvalue weighted by Gasteiger charge is -2.42. The van der Waals surface area contributed by atoms with Crippen LogP contribution in [-0.2, 0) is 0 Å². The summed E-state index contributed by atoms with van der Waals surface area (Å²) in [4.78, 5) is 0. The van der Waals surface area contributed by atoms with E-state index in [2.05, 4.69) is 443 Å². The van der Waals surface area contributed by atoms with Crippen LogP contribution >= 0.6 is 0 Å². The lowest BCUT2D eigenvalue weighted by Crippen LogP contribution is -2.34. The normalized spacial score (nSPS) is 14.3. The van der Waals surface area contributed by atoms with Crippen molar-refractivity contribution in [2.45, 2.75) is 475 Å². The van der Waals surface area contributed by atoms with Crippen LogP contribution in [0, 0.1) is 152 Å². The lowest BCUT2D eigenvalue weighted by atomic mass is 9.63. The first-order chi connectivity index (χ1) is 41.0. The van der Waals surface area contributed by atoms with E-state index in [1.165, 1.54) is 32.1 Å². The van der Waals surface area contributed by atoms with Crippen LogP contribution in [0.5, 0.6) is 0 Å². The molecule has 1 unspecified atom stereocenters. The van der Waals surface area contributed by atoms with Gasteiger partial charge in [-0.05, 0) is 152 Å². The predicted octanol–water partition coefficient (Wildman–Crippen LogP) is 36.3. The second-order valence-corrected chi connectivity index (χ2v) is 46.8. The fourth-order valence-electron chi connectivity index (χ4n) is 7.30. The van der Waals surface area contributed by atoms with E-state index in [1.807, 2.05) is 0 Å². The second-order valence-electron chi connectivity index (χ2n) is 46.8. The van der Waals surface area contributed by atoms with Gasteiger partial charge in [-0.1, -0.05) is 475 Å². The van der Waals surface area contributed by atoms with Crippen molar-refractivity contribution in [2.75, 3.05) is 0 Å². The summed E-state index contributed by atoms with van der Waals surface area (Å²) in [5.74, 6) is 9.79. The van der Waals surface area contributed by atoms with Crippen molar-refractivity contribution >= 4 is 0 Å². The summed E-state index contributed by atoms with van der Waals surface area (Å²) in [6, 6.07) is 0. The maximum Gasteiger partial charge on any atom is -0.0283 e. The molecule has 0 nitrogen and oxygen atoms in total. The van der Waals surface area contributed by atoms with Crippen LogP contribution in [0.25, 0.3) is 0 Å². The Labute approximate surface area is 623 Å². The summed E-state index contributed by atoms with van der Waals surface area (Å²) in [5.41, 5.74) is 7.01. The number of hydrogen-bond acceptors (Lipinski definition) is 0. The first-order valence-corrected chi connectivity index (χ1v) is 41.0. The van der Waals surface area contributed by atoms with E-state index in [9.17, 15) is 0 Å². The minimum Gasteiger partial charge on any atom is -0.0651 e. The van der Waals surface area contributed by atoms with Crippen LogP contribution in [-0.4, -0.2) is 0 Å². The highest BCUT2D eigenvalue weighted by Crippen LogP contribution is 2.45. The van der Waals surface area contributed by atoms with E-state index in [1.54, 1.807) is 0 Å². The Morgan fingerprint density at radius 3 is 0.448 bits per heavy atom. The molecule has 0 radical (unpaired) electrons. The molecule has 0 saturated heterocycles. The van der Waals surface area contributed by atoms with Gasteiger partial charge in [-0.15, -0.1) is 0 Å². The summed E-state index contributed by atoms with van der Waals surface area (Å²) in [6.45, 7) is 147. The van der Waals surface area contributed by atoms with E-state index in [4.69, 9.17) is 0 Å². The topological polar surface area (TPSA) is 0 Å². The number of rotatable bonds is 12. The van der Waals surface area contributed by atoms with Gasteiger partial charge in [0.15, 0.2) is 0 Å². The lowest BCUT2D eigenvalue weighted by molar-refractivity contribution is 0.0737. The molecule has 0 aromatic heterocycles. The monoisotopic (exact) mass is 1370 g/mol. The molecule has 598 valence electrons. The van der Waals surface area contributed by atoms with Crippen molar-refractivity contribution in [2.24, 2.45) is 152 Å². The highest BCUT2D eigenvalue weighted by Gasteiger charge is 2.36. The molecule has 0 aliphatic carbocycles. The fourth-order valence-corrected chi connectivity index (χ4v) is 7.30. The molecule has 0 N–H and O–H groups in total. The van der Waals surface area contributed by atoms with E-state index < -0.39 is 0 Å². The van der Waals surface area contributed by atoms with E-state index in [0.29, 0.717) is 81.2 Å². The largest absolute Gasteiger partial charge is 0.0651 e. The molecule has 0 fully saturated rings. The Kier molecular flexibility index (Phi) is 61.1. The minimum atomic E-state index is 0.418. The van der Waals surface area contributed by atoms with Crippen LogP contribution in [0.3, 0.4) is 0 Å². The Balaban J connectivity index is -0.0000000921. The maximum atomic E-state index is 2.34. The second kappa shape index (κ2) is 48.9. The van der Waals surface area contributed by atoms with Crippen molar-refractivity contribution in [3.05, 3.63) is 0 Å². The molecule has 0 aromatic carbocycles. The van der Waals surface area contributed by atoms with Crippen molar-refractivity contribution in [1.82, 2.24) is 0 Å². The molecular weight excluding hydrogens is 1150 g/mol. The van der Waals surface area contributed by atoms with Gasteiger partial charge in [0.05, 0.1) is 0 Å². The molecular formula is C96H214. The molecule has 0 bridgehead atoms. The molecule has 0 heterocycles. The van der Waals surface area contributed by atoms with E-state index >= 15 is 0 Å². The van der Waals surface area contributed by atoms with Gasteiger partial charge in [0.1, 0.15) is 0 Å². The average molecular weight is 1370 g/mol. The van der Waals surface area contributed by atoms with Crippen molar-refractivity contribution in [1.29, 1.82) is 0 Å². The highest BCUT2D eigenvalue weighted by atomic mass is 14.4. The number of hydrogen-bond donors (Lipinski definition) is 0. The third-order valence-corrected chi connectivity index (χ3v) is 28.2. The zero-order valence-electron chi connectivity index (χ0n) is 82.0. The minimum absolute atomic E-state index is 0.418. The Morgan fingerprint density at radius 2 is 0.448 bits per heavy atom. The Hall–Kier alpha value is 0. The molecule has 3 atom stereocenters. The molecule has 0 heteroatoms.